The normalized spacial score (nSPS) is 15.2. The monoisotopic (exact) mass is 1780 g/mol. The molecule has 138 heavy (non-hydrogen) atoms. The van der Waals surface area contributed by atoms with E-state index >= 15 is 0 Å². The molecule has 0 saturated heterocycles. The zero-order valence-corrected chi connectivity index (χ0v) is 75.0. The van der Waals surface area contributed by atoms with Crippen molar-refractivity contribution in [3.05, 3.63) is 550 Å². The quantitative estimate of drug-likeness (QED) is 0.150. The standard InChI is InChI=1S/C130H76N2O5S/c1-6-34-97-86(27-1)89-65-61-81(73-109(89)127(97)101-37-9-17-46-115(101)133-116-47-18-10-38-102(116)127)131(80-59-55-77(56-60-80)85-32-25-33-94-93-30-4-16-45-114(93)137-126(85)94)82-62-66-90-88-29-3-8-36-99(88)129(110(90)74-82)107-43-15-23-52-121(107)136-122-72-79(58-70-108(122)129)78-57-69-100-96(71-78)92-68-64-84(76-112(92)130(100)105-41-13-21-50-119(105)135-120-51-22-14-42-106(120)130)132(113-44-26-54-124-125(113)95-31-5-24-53-123(95)138-124)83-63-67-91-87-28-2-7-35-98(87)128(111(91)75-83)103-39-11-19-48-117(103)134-118-49-20-12-40-104(118)128/h1-76H. The zero-order chi connectivity index (χ0) is 90.0. The number of hydrogen-bond acceptors (Lipinski definition) is 8. The summed E-state index contributed by atoms with van der Waals surface area (Å²) >= 11 is 1.85. The fourth-order valence-electron chi connectivity index (χ4n) is 26.0. The molecule has 0 saturated carbocycles. The van der Waals surface area contributed by atoms with Crippen LogP contribution in [0.3, 0.4) is 0 Å². The Balaban J connectivity index is 0.591. The highest BCUT2D eigenvalue weighted by Gasteiger charge is 2.57. The van der Waals surface area contributed by atoms with Crippen molar-refractivity contribution < 1.29 is 23.4 Å². The van der Waals surface area contributed by atoms with E-state index in [0.717, 1.165) is 186 Å². The van der Waals surface area contributed by atoms with Crippen LogP contribution < -0.4 is 28.7 Å². The Bertz CT molecular complexity index is 9180. The van der Waals surface area contributed by atoms with Crippen LogP contribution >= 0.6 is 11.3 Å². The van der Waals surface area contributed by atoms with Gasteiger partial charge < -0.3 is 33.2 Å². The molecule has 23 aromatic rings. The molecule has 4 aliphatic carbocycles. The van der Waals surface area contributed by atoms with Crippen LogP contribution in [0.25, 0.3) is 109 Å². The summed E-state index contributed by atoms with van der Waals surface area (Å²) in [6.45, 7) is 0. The Morgan fingerprint density at radius 1 is 0.181 bits per heavy atom. The molecule has 0 bridgehead atoms. The van der Waals surface area contributed by atoms with Gasteiger partial charge in [-0.2, -0.15) is 0 Å². The fourth-order valence-corrected chi connectivity index (χ4v) is 27.1. The van der Waals surface area contributed by atoms with Crippen molar-refractivity contribution in [1.82, 2.24) is 0 Å². The second kappa shape index (κ2) is 28.0. The molecule has 0 fully saturated rings. The van der Waals surface area contributed by atoms with Gasteiger partial charge in [-0.25, -0.2) is 0 Å². The predicted molar refractivity (Wildman–Crippen MR) is 556 cm³/mol. The molecule has 4 spiro atoms. The molecule has 0 N–H and O–H groups in total. The maximum absolute atomic E-state index is 7.56. The lowest BCUT2D eigenvalue weighted by atomic mass is 9.65. The zero-order valence-electron chi connectivity index (χ0n) is 74.2. The van der Waals surface area contributed by atoms with E-state index in [0.29, 0.717) is 0 Å². The SMILES string of the molecule is c1ccc2c(c1)Oc1ccccc1C21c2ccccc2-c2ccc(N(c3ccc(-c4cccc5c4oc4ccccc45)cc3)c3ccc4c(c3)C3(c5ccccc5Oc5cc(-c6ccc7c(c6)-c6ccc(N(c8ccc9c(c8)C8(c%10ccccc%10Oc%10ccccc%108)c8ccccc8-9)c8cccc9sc%10ccccc%10c89)cc6C76c7ccccc7Oc7ccccc76)ccc53)c3ccccc3-4)cc21. The summed E-state index contributed by atoms with van der Waals surface area (Å²) in [7, 11) is 0. The molecule has 21 aromatic carbocycles. The summed E-state index contributed by atoms with van der Waals surface area (Å²) in [5.74, 6) is 6.66. The van der Waals surface area contributed by atoms with Crippen LogP contribution in [0.1, 0.15) is 89.0 Å². The molecule has 7 nitrogen and oxygen atoms in total. The first-order valence-electron chi connectivity index (χ1n) is 47.5. The topological polar surface area (TPSA) is 56.5 Å². The minimum Gasteiger partial charge on any atom is -0.457 e. The number of rotatable bonds is 8. The summed E-state index contributed by atoms with van der Waals surface area (Å²) < 4.78 is 37.8. The van der Waals surface area contributed by atoms with Gasteiger partial charge in [0.25, 0.3) is 0 Å². The van der Waals surface area contributed by atoms with Crippen molar-refractivity contribution in [2.75, 3.05) is 9.80 Å². The summed E-state index contributed by atoms with van der Waals surface area (Å²) in [6, 6.07) is 171. The lowest BCUT2D eigenvalue weighted by Gasteiger charge is -2.40. The molecular weight excluding hydrogens is 1700 g/mol. The lowest BCUT2D eigenvalue weighted by Crippen LogP contribution is -2.32. The van der Waals surface area contributed by atoms with Crippen molar-refractivity contribution in [3.8, 4) is 113 Å². The van der Waals surface area contributed by atoms with Crippen molar-refractivity contribution in [3.63, 3.8) is 0 Å². The highest BCUT2D eigenvalue weighted by atomic mass is 32.1. The van der Waals surface area contributed by atoms with Crippen LogP contribution in [0, 0.1) is 0 Å². The fraction of sp³-hybridized carbons (Fsp3) is 0.0308. The van der Waals surface area contributed by atoms with E-state index < -0.39 is 21.7 Å². The third-order valence-corrected chi connectivity index (χ3v) is 32.5. The van der Waals surface area contributed by atoms with Gasteiger partial charge in [0, 0.05) is 109 Å². The van der Waals surface area contributed by atoms with Gasteiger partial charge >= 0.3 is 0 Å². The van der Waals surface area contributed by atoms with Crippen LogP contribution in [-0.2, 0) is 21.7 Å². The molecule has 2 aromatic heterocycles. The summed E-state index contributed by atoms with van der Waals surface area (Å²) in [5, 5.41) is 4.62. The smallest absolute Gasteiger partial charge is 0.143 e. The van der Waals surface area contributed by atoms with Gasteiger partial charge in [0.15, 0.2) is 0 Å². The van der Waals surface area contributed by atoms with Crippen molar-refractivity contribution >= 4 is 87.6 Å². The van der Waals surface area contributed by atoms with E-state index in [1.807, 2.05) is 17.4 Å². The van der Waals surface area contributed by atoms with Crippen molar-refractivity contribution in [2.24, 2.45) is 0 Å². The molecule has 4 aliphatic heterocycles. The van der Waals surface area contributed by atoms with Gasteiger partial charge in [0.2, 0.25) is 0 Å². The van der Waals surface area contributed by atoms with E-state index in [9.17, 15) is 0 Å². The maximum atomic E-state index is 7.56. The van der Waals surface area contributed by atoms with Gasteiger partial charge in [-0.05, 0) is 245 Å². The van der Waals surface area contributed by atoms with E-state index in [2.05, 4.69) is 465 Å². The molecule has 31 rings (SSSR count). The Hall–Kier alpha value is -17.6. The lowest BCUT2D eigenvalue weighted by molar-refractivity contribution is 0.436. The molecule has 8 aliphatic rings. The summed E-state index contributed by atoms with van der Waals surface area (Å²) in [6.07, 6.45) is 0. The number of fused-ring (bicyclic) bond motifs is 42. The van der Waals surface area contributed by atoms with Gasteiger partial charge in [-0.1, -0.05) is 322 Å². The minimum absolute atomic E-state index is 0.710. The molecule has 0 amide bonds. The molecular formula is C130H76N2O5S. The molecule has 0 radical (unpaired) electrons. The van der Waals surface area contributed by atoms with Crippen molar-refractivity contribution in [2.45, 2.75) is 21.7 Å². The number of nitrogens with zero attached hydrogens (tertiary/aromatic N) is 2. The van der Waals surface area contributed by atoms with Crippen LogP contribution in [0.4, 0.5) is 34.1 Å². The number of ether oxygens (including phenoxy) is 4. The first kappa shape index (κ1) is 75.9. The minimum atomic E-state index is -0.862. The maximum Gasteiger partial charge on any atom is 0.143 e. The number of para-hydroxylation sites is 9. The number of furan rings is 1. The highest BCUT2D eigenvalue weighted by Crippen LogP contribution is 2.70. The molecule has 1 unspecified atom stereocenters. The average Bonchev–Trinajstić information content (AvgIpc) is 1.51. The second-order valence-electron chi connectivity index (χ2n) is 37.7. The van der Waals surface area contributed by atoms with Crippen molar-refractivity contribution in [1.29, 1.82) is 0 Å². The average molecular weight is 1780 g/mol. The van der Waals surface area contributed by atoms with Gasteiger partial charge in [0.1, 0.15) is 57.2 Å². The summed E-state index contributed by atoms with van der Waals surface area (Å²) in [4.78, 5) is 5.04. The second-order valence-corrected chi connectivity index (χ2v) is 38.7. The Morgan fingerprint density at radius 2 is 0.493 bits per heavy atom. The largest absolute Gasteiger partial charge is 0.457 e. The Labute approximate surface area is 799 Å². The van der Waals surface area contributed by atoms with Crippen LogP contribution in [0.5, 0.6) is 46.0 Å². The van der Waals surface area contributed by atoms with E-state index in [1.165, 1.54) is 92.5 Å². The number of thiophene rings is 1. The first-order chi connectivity index (χ1) is 68.4. The Morgan fingerprint density at radius 3 is 0.957 bits per heavy atom. The van der Waals surface area contributed by atoms with Gasteiger partial charge in [0.05, 0.1) is 27.3 Å². The van der Waals surface area contributed by atoms with Crippen LogP contribution in [-0.4, -0.2) is 0 Å². The van der Waals surface area contributed by atoms with Crippen LogP contribution in [0.2, 0.25) is 0 Å². The number of hydrogen-bond donors (Lipinski definition) is 0. The van der Waals surface area contributed by atoms with E-state index in [-0.39, 0.29) is 0 Å². The Kier molecular flexibility index (Phi) is 15.4. The molecule has 6 heterocycles. The number of anilines is 6. The third kappa shape index (κ3) is 9.89. The van der Waals surface area contributed by atoms with Gasteiger partial charge in [-0.3, -0.25) is 0 Å². The summed E-state index contributed by atoms with van der Waals surface area (Å²) in [5.41, 5.74) is 36.7. The molecule has 8 heteroatoms. The van der Waals surface area contributed by atoms with Crippen LogP contribution in [0.15, 0.2) is 465 Å². The highest BCUT2D eigenvalue weighted by molar-refractivity contribution is 7.26. The number of benzene rings is 21. The third-order valence-electron chi connectivity index (χ3n) is 31.3. The van der Waals surface area contributed by atoms with E-state index in [4.69, 9.17) is 23.4 Å². The first-order valence-corrected chi connectivity index (χ1v) is 48.3. The molecule has 642 valence electrons. The predicted octanol–water partition coefficient (Wildman–Crippen LogP) is 34.1. The molecule has 1 atom stereocenters. The van der Waals surface area contributed by atoms with Gasteiger partial charge in [-0.15, -0.1) is 11.3 Å². The van der Waals surface area contributed by atoms with E-state index in [1.54, 1.807) is 0 Å².